The fraction of sp³-hybridized carbons (Fsp3) is 0.611. The van der Waals surface area contributed by atoms with Crippen LogP contribution in [0.3, 0.4) is 0 Å². The van der Waals surface area contributed by atoms with Crippen molar-refractivity contribution >= 4 is 5.96 Å². The number of hydrogen-bond acceptors (Lipinski definition) is 2. The number of aliphatic imine (C=N–C) groups is 1. The first kappa shape index (κ1) is 17.7. The molecule has 2 N–H and O–H groups in total. The Morgan fingerprint density at radius 2 is 2.04 bits per heavy atom. The zero-order valence-corrected chi connectivity index (χ0v) is 14.3. The number of guanidine groups is 1. The molecule has 1 heterocycles. The molecule has 5 heteroatoms. The molecule has 1 aliphatic rings. The Morgan fingerprint density at radius 3 is 2.74 bits per heavy atom. The minimum atomic E-state index is -0.208. The van der Waals surface area contributed by atoms with Crippen molar-refractivity contribution in [2.75, 3.05) is 32.7 Å². The monoisotopic (exact) mass is 320 g/mol. The Bertz CT molecular complexity index is 486. The summed E-state index contributed by atoms with van der Waals surface area (Å²) in [6, 6.07) is 6.52. The van der Waals surface area contributed by atoms with Gasteiger partial charge < -0.3 is 15.5 Å². The van der Waals surface area contributed by atoms with E-state index in [1.165, 1.54) is 44.6 Å². The van der Waals surface area contributed by atoms with Gasteiger partial charge in [-0.2, -0.15) is 0 Å². The minimum absolute atomic E-state index is 0.208. The Balaban J connectivity index is 1.81. The van der Waals surface area contributed by atoms with Crippen molar-refractivity contribution in [1.82, 2.24) is 15.5 Å². The first-order chi connectivity index (χ1) is 11.2. The zero-order valence-electron chi connectivity index (χ0n) is 14.3. The maximum absolute atomic E-state index is 12.9. The van der Waals surface area contributed by atoms with E-state index in [0.29, 0.717) is 12.5 Å². The van der Waals surface area contributed by atoms with E-state index in [9.17, 15) is 4.39 Å². The predicted molar refractivity (Wildman–Crippen MR) is 94.1 cm³/mol. The lowest BCUT2D eigenvalue weighted by Gasteiger charge is -2.17. The molecule has 0 aromatic heterocycles. The lowest BCUT2D eigenvalue weighted by Crippen LogP contribution is -2.40. The van der Waals surface area contributed by atoms with Crippen LogP contribution >= 0.6 is 0 Å². The van der Waals surface area contributed by atoms with Crippen LogP contribution in [0.15, 0.2) is 29.3 Å². The summed E-state index contributed by atoms with van der Waals surface area (Å²) < 4.78 is 12.9. The van der Waals surface area contributed by atoms with Crippen LogP contribution in [0.25, 0.3) is 0 Å². The lowest BCUT2D eigenvalue weighted by molar-refractivity contribution is 0.324. The average Bonchev–Trinajstić information content (AvgIpc) is 3.00. The van der Waals surface area contributed by atoms with E-state index in [4.69, 9.17) is 0 Å². The van der Waals surface area contributed by atoms with Gasteiger partial charge in [0.25, 0.3) is 0 Å². The molecule has 1 fully saturated rings. The summed E-state index contributed by atoms with van der Waals surface area (Å²) in [6.07, 6.45) is 2.48. The maximum Gasteiger partial charge on any atom is 0.191 e. The molecule has 1 atom stereocenters. The first-order valence-corrected chi connectivity index (χ1v) is 8.70. The fourth-order valence-corrected chi connectivity index (χ4v) is 2.94. The number of hydrogen-bond donors (Lipinski definition) is 2. The van der Waals surface area contributed by atoms with Crippen molar-refractivity contribution in [2.24, 2.45) is 10.9 Å². The number of nitrogens with zero attached hydrogens (tertiary/aromatic N) is 2. The number of benzene rings is 1. The molecular formula is C18H29FN4. The van der Waals surface area contributed by atoms with E-state index >= 15 is 0 Å². The molecule has 0 radical (unpaired) electrons. The van der Waals surface area contributed by atoms with Crippen molar-refractivity contribution in [1.29, 1.82) is 0 Å². The second-order valence-electron chi connectivity index (χ2n) is 6.16. The zero-order chi connectivity index (χ0) is 16.5. The van der Waals surface area contributed by atoms with E-state index in [0.717, 1.165) is 24.6 Å². The SMILES string of the molecule is CCCN1CCC(CNC(=NCc2ccc(F)cc2)NCC)C1. The molecule has 0 amide bonds. The second kappa shape index (κ2) is 9.50. The molecular weight excluding hydrogens is 291 g/mol. The second-order valence-corrected chi connectivity index (χ2v) is 6.16. The highest BCUT2D eigenvalue weighted by atomic mass is 19.1. The summed E-state index contributed by atoms with van der Waals surface area (Å²) in [5.74, 6) is 1.32. The van der Waals surface area contributed by atoms with E-state index in [2.05, 4.69) is 34.4 Å². The van der Waals surface area contributed by atoms with Gasteiger partial charge in [-0.15, -0.1) is 0 Å². The summed E-state index contributed by atoms with van der Waals surface area (Å²) in [5.41, 5.74) is 1.01. The lowest BCUT2D eigenvalue weighted by atomic mass is 10.1. The molecule has 2 rings (SSSR count). The van der Waals surface area contributed by atoms with Gasteiger partial charge >= 0.3 is 0 Å². The van der Waals surface area contributed by atoms with Crippen LogP contribution in [-0.2, 0) is 6.54 Å². The van der Waals surface area contributed by atoms with Crippen LogP contribution in [0, 0.1) is 11.7 Å². The molecule has 1 aromatic rings. The van der Waals surface area contributed by atoms with E-state index < -0.39 is 0 Å². The third-order valence-corrected chi connectivity index (χ3v) is 4.15. The molecule has 1 aromatic carbocycles. The van der Waals surface area contributed by atoms with Gasteiger partial charge in [0.1, 0.15) is 5.82 Å². The fourth-order valence-electron chi connectivity index (χ4n) is 2.94. The van der Waals surface area contributed by atoms with Crippen LogP contribution in [0.4, 0.5) is 4.39 Å². The number of likely N-dealkylation sites (tertiary alicyclic amines) is 1. The molecule has 0 bridgehead atoms. The standard InChI is InChI=1S/C18H29FN4/c1-3-10-23-11-9-16(14-23)13-22-18(20-4-2)21-12-15-5-7-17(19)8-6-15/h5-8,16H,3-4,9-14H2,1-2H3,(H2,20,21,22). The van der Waals surface area contributed by atoms with E-state index in [1.54, 1.807) is 12.1 Å². The molecule has 1 unspecified atom stereocenters. The van der Waals surface area contributed by atoms with Crippen LogP contribution in [0.2, 0.25) is 0 Å². The van der Waals surface area contributed by atoms with Gasteiger partial charge in [-0.05, 0) is 56.5 Å². The largest absolute Gasteiger partial charge is 0.357 e. The molecule has 0 saturated carbocycles. The minimum Gasteiger partial charge on any atom is -0.357 e. The Morgan fingerprint density at radius 1 is 1.26 bits per heavy atom. The van der Waals surface area contributed by atoms with Crippen LogP contribution in [-0.4, -0.2) is 43.6 Å². The Hall–Kier alpha value is -1.62. The highest BCUT2D eigenvalue weighted by Gasteiger charge is 2.21. The molecule has 1 aliphatic heterocycles. The molecule has 23 heavy (non-hydrogen) atoms. The summed E-state index contributed by atoms with van der Waals surface area (Å²) in [4.78, 5) is 7.12. The smallest absolute Gasteiger partial charge is 0.191 e. The third kappa shape index (κ3) is 6.18. The molecule has 128 valence electrons. The molecule has 0 spiro atoms. The number of halogens is 1. The first-order valence-electron chi connectivity index (χ1n) is 8.70. The van der Waals surface area contributed by atoms with Gasteiger partial charge in [-0.25, -0.2) is 9.38 Å². The summed E-state index contributed by atoms with van der Waals surface area (Å²) in [7, 11) is 0. The van der Waals surface area contributed by atoms with Gasteiger partial charge in [-0.1, -0.05) is 19.1 Å². The van der Waals surface area contributed by atoms with Gasteiger partial charge in [-0.3, -0.25) is 0 Å². The van der Waals surface area contributed by atoms with Crippen molar-refractivity contribution in [2.45, 2.75) is 33.2 Å². The number of rotatable bonds is 7. The van der Waals surface area contributed by atoms with Crippen molar-refractivity contribution in [3.63, 3.8) is 0 Å². The van der Waals surface area contributed by atoms with Crippen molar-refractivity contribution in [3.05, 3.63) is 35.6 Å². The van der Waals surface area contributed by atoms with E-state index in [-0.39, 0.29) is 5.82 Å². The molecule has 0 aliphatic carbocycles. The van der Waals surface area contributed by atoms with Crippen molar-refractivity contribution in [3.8, 4) is 0 Å². The van der Waals surface area contributed by atoms with Gasteiger partial charge in [0.2, 0.25) is 0 Å². The highest BCUT2D eigenvalue weighted by Crippen LogP contribution is 2.15. The Labute approximate surface area is 139 Å². The third-order valence-electron chi connectivity index (χ3n) is 4.15. The highest BCUT2D eigenvalue weighted by molar-refractivity contribution is 5.79. The summed E-state index contributed by atoms with van der Waals surface area (Å²) in [6.45, 7) is 10.2. The number of nitrogens with one attached hydrogen (secondary N) is 2. The van der Waals surface area contributed by atoms with Crippen LogP contribution < -0.4 is 10.6 Å². The predicted octanol–water partition coefficient (Wildman–Crippen LogP) is 2.61. The molecule has 4 nitrogen and oxygen atoms in total. The van der Waals surface area contributed by atoms with Crippen molar-refractivity contribution < 1.29 is 4.39 Å². The topological polar surface area (TPSA) is 39.7 Å². The Kier molecular flexibility index (Phi) is 7.33. The maximum atomic E-state index is 12.9. The van der Waals surface area contributed by atoms with Crippen LogP contribution in [0.5, 0.6) is 0 Å². The molecule has 1 saturated heterocycles. The van der Waals surface area contributed by atoms with Crippen LogP contribution in [0.1, 0.15) is 32.3 Å². The summed E-state index contributed by atoms with van der Waals surface area (Å²) in [5, 5.41) is 6.72. The average molecular weight is 320 g/mol. The van der Waals surface area contributed by atoms with Gasteiger partial charge in [0.05, 0.1) is 6.54 Å². The summed E-state index contributed by atoms with van der Waals surface area (Å²) >= 11 is 0. The van der Waals surface area contributed by atoms with E-state index in [1.807, 2.05) is 0 Å². The van der Waals surface area contributed by atoms with Gasteiger partial charge in [0, 0.05) is 19.6 Å². The quantitative estimate of drug-likeness (QED) is 0.599. The normalized spacial score (nSPS) is 19.1. The van der Waals surface area contributed by atoms with Gasteiger partial charge in [0.15, 0.2) is 5.96 Å².